The third-order valence-electron chi connectivity index (χ3n) is 12.9. The monoisotopic (exact) mass is 1450 g/mol. The normalized spacial score (nSPS) is 9.61. The number of allylic oxidation sites excluding steroid dienone is 3. The van der Waals surface area contributed by atoms with Gasteiger partial charge in [-0.2, -0.15) is 0 Å². The van der Waals surface area contributed by atoms with E-state index < -0.39 is 13.5 Å². The number of aliphatic hydroxyl groups is 1. The Morgan fingerprint density at radius 2 is 0.854 bits per heavy atom. The number of aliphatic carboxylic acids is 1. The largest absolute Gasteiger partial charge is 1.00 e. The number of unbranched alkanes of at least 4 members (excludes halogenated alkanes) is 13. The first-order chi connectivity index (χ1) is 45.2. The summed E-state index contributed by atoms with van der Waals surface area (Å²) in [5.74, 6) is -0.982. The van der Waals surface area contributed by atoms with E-state index in [1.165, 1.54) is 60.3 Å². The highest BCUT2D eigenvalue weighted by Gasteiger charge is 2.12. The second-order valence-corrected chi connectivity index (χ2v) is 21.8. The van der Waals surface area contributed by atoms with Gasteiger partial charge in [-0.05, 0) is 76.4 Å². The summed E-state index contributed by atoms with van der Waals surface area (Å²) >= 11 is 3.33. The first-order valence-corrected chi connectivity index (χ1v) is 33.8. The van der Waals surface area contributed by atoms with E-state index in [9.17, 15) is 75.3 Å². The van der Waals surface area contributed by atoms with Crippen LogP contribution in [0.15, 0.2) is 37.2 Å². The molecule has 2 N–H and O–H groups in total. The van der Waals surface area contributed by atoms with Crippen LogP contribution in [-0.4, -0.2) is 147 Å². The lowest BCUT2D eigenvalue weighted by atomic mass is 10.1. The minimum absolute atomic E-state index is 0. The van der Waals surface area contributed by atoms with Crippen molar-refractivity contribution in [1.82, 2.24) is 4.57 Å². The molecule has 0 saturated carbocycles. The number of ketones is 6. The second-order valence-electron chi connectivity index (χ2n) is 21.0. The average molecular weight is 1450 g/mol. The molecule has 1 aromatic heterocycles. The topological polar surface area (TPSA) is 317 Å². The van der Waals surface area contributed by atoms with Gasteiger partial charge in [0.2, 0.25) is 0 Å². The molecule has 0 aliphatic rings. The third kappa shape index (κ3) is 93.8. The molecular formula is C68H116BBrF4N2O20. The number of imidazole rings is 1. The van der Waals surface area contributed by atoms with Gasteiger partial charge in [0.25, 0.3) is 5.82 Å². The molecular weight excluding hydrogens is 1330 g/mol. The fraction of sp³-hybridized carbons (Fsp3) is 0.706. The maximum atomic E-state index is 11.4. The molecule has 0 aliphatic carbocycles. The number of aldehydes is 1. The Labute approximate surface area is 577 Å². The molecule has 28 heteroatoms. The van der Waals surface area contributed by atoms with Crippen molar-refractivity contribution in [3.63, 3.8) is 0 Å². The standard InChI is InChI=1S/C14H22N2O3.C11H20O3.C11H18O3.C10H17BrO3.C10H18O4.C7H10O3.C5H10O.BF3.FH/c1-12-15(2)10-11-16(12)9-5-3-4-6-13(17)7-8-14(18)19;2*1-3-4-5-6-7-10(12)8-9-11(13)14-2;2*1-14-10(13)7-6-9(12)5-3-2-4-8-11;1-3-6(8)4-5-7(9)10-2;1-2-3-4-5-6;2-1(3)4;/h10-11H,3-9H2,1-2H3;3-9H2,1-2H3;6-7H,3-5,8-9H2,1-2H3;2-8H2,1H3;11H,2-8H2,1H3;3H,1,4-5H2,2H3;5H,2-4H2,1H3;;1H/b;;7-6+;;;;;;. The number of rotatable bonds is 47. The lowest BCUT2D eigenvalue weighted by molar-refractivity contribution is -0.677. The fourth-order valence-electron chi connectivity index (χ4n) is 7.01. The van der Waals surface area contributed by atoms with Crippen LogP contribution in [0.1, 0.15) is 251 Å². The molecule has 556 valence electrons. The summed E-state index contributed by atoms with van der Waals surface area (Å²) in [6, 6.07) is 0. The lowest BCUT2D eigenvalue weighted by Gasteiger charge is -2.01. The zero-order valence-corrected chi connectivity index (χ0v) is 60.7. The molecule has 0 aromatic carbocycles. The van der Waals surface area contributed by atoms with Crippen molar-refractivity contribution in [2.24, 2.45) is 7.05 Å². The van der Waals surface area contributed by atoms with E-state index in [-0.39, 0.29) is 140 Å². The Balaban J connectivity index is -0.000000157. The van der Waals surface area contributed by atoms with Crippen LogP contribution in [0.4, 0.5) is 12.9 Å². The zero-order valence-electron chi connectivity index (χ0n) is 59.1. The van der Waals surface area contributed by atoms with Crippen LogP contribution in [0.3, 0.4) is 0 Å². The van der Waals surface area contributed by atoms with E-state index in [0.29, 0.717) is 38.5 Å². The number of aromatic nitrogens is 2. The molecule has 0 amide bonds. The molecule has 0 aliphatic heterocycles. The van der Waals surface area contributed by atoms with Crippen LogP contribution in [0, 0.1) is 6.92 Å². The number of ether oxygens (including phenoxy) is 5. The van der Waals surface area contributed by atoms with Gasteiger partial charge in [0.15, 0.2) is 11.6 Å². The third-order valence-corrected chi connectivity index (χ3v) is 13.5. The highest BCUT2D eigenvalue weighted by atomic mass is 79.9. The minimum atomic E-state index is -3.67. The van der Waals surface area contributed by atoms with Gasteiger partial charge in [0.1, 0.15) is 41.8 Å². The van der Waals surface area contributed by atoms with E-state index in [0.717, 1.165) is 127 Å². The zero-order chi connectivity index (χ0) is 73.9. The van der Waals surface area contributed by atoms with Crippen molar-refractivity contribution >= 4 is 100 Å². The number of nitrogens with zero attached hydrogens (tertiary/aromatic N) is 2. The summed E-state index contributed by atoms with van der Waals surface area (Å²) < 4.78 is 55.3. The number of hydrogen-bond donors (Lipinski definition) is 2. The Kier molecular flexibility index (Phi) is 90.8. The number of carboxylic acid groups (broad SMARTS) is 1. The maximum absolute atomic E-state index is 11.4. The number of Topliss-reactive ketones (excluding diaryl/α,β-unsaturated/α-hetero) is 4. The number of halogens is 5. The molecule has 0 bridgehead atoms. The van der Waals surface area contributed by atoms with Gasteiger partial charge in [-0.25, -0.2) is 9.13 Å². The molecule has 1 rings (SSSR count). The summed E-state index contributed by atoms with van der Waals surface area (Å²) in [6.45, 7) is 12.8. The van der Waals surface area contributed by atoms with Crippen LogP contribution in [-0.2, 0) is 99.6 Å². The fourth-order valence-corrected chi connectivity index (χ4v) is 7.41. The first kappa shape index (κ1) is 105. The number of alkyl halides is 1. The van der Waals surface area contributed by atoms with Crippen molar-refractivity contribution in [2.75, 3.05) is 47.5 Å². The predicted octanol–water partition coefficient (Wildman–Crippen LogP) is 9.83. The quantitative estimate of drug-likeness (QED) is 0.00705. The number of methoxy groups -OCH3 is 5. The van der Waals surface area contributed by atoms with E-state index in [4.69, 9.17) is 10.2 Å². The van der Waals surface area contributed by atoms with Crippen LogP contribution < -0.4 is 9.27 Å². The van der Waals surface area contributed by atoms with Crippen LogP contribution >= 0.6 is 15.9 Å². The second kappa shape index (κ2) is 82.7. The summed E-state index contributed by atoms with van der Waals surface area (Å²) in [5.41, 5.74) is 0. The van der Waals surface area contributed by atoms with Gasteiger partial charge in [0.05, 0.1) is 87.7 Å². The van der Waals surface area contributed by atoms with Gasteiger partial charge in [-0.1, -0.05) is 101 Å². The highest BCUT2D eigenvalue weighted by molar-refractivity contribution is 9.09. The van der Waals surface area contributed by atoms with E-state index in [1.807, 2.05) is 19.3 Å². The van der Waals surface area contributed by atoms with Gasteiger partial charge >= 0.3 is 43.4 Å². The van der Waals surface area contributed by atoms with Gasteiger partial charge in [-0.15, -0.1) is 0 Å². The Morgan fingerprint density at radius 1 is 0.510 bits per heavy atom. The summed E-state index contributed by atoms with van der Waals surface area (Å²) in [4.78, 5) is 140. The van der Waals surface area contributed by atoms with Crippen LogP contribution in [0.5, 0.6) is 0 Å². The maximum Gasteiger partial charge on any atom is 0.762 e. The van der Waals surface area contributed by atoms with E-state index >= 15 is 0 Å². The van der Waals surface area contributed by atoms with Crippen molar-refractivity contribution in [1.29, 1.82) is 0 Å². The van der Waals surface area contributed by atoms with Crippen LogP contribution in [0.2, 0.25) is 0 Å². The minimum Gasteiger partial charge on any atom is -1.00 e. The predicted molar refractivity (Wildman–Crippen MR) is 362 cm³/mol. The van der Waals surface area contributed by atoms with Crippen molar-refractivity contribution in [2.45, 2.75) is 259 Å². The molecule has 0 saturated heterocycles. The van der Waals surface area contributed by atoms with E-state index in [2.05, 4.69) is 89.2 Å². The first-order valence-electron chi connectivity index (χ1n) is 32.7. The smallest absolute Gasteiger partial charge is 0.762 e. The number of carbonyl (C=O) groups excluding carboxylic acids is 12. The molecule has 22 nitrogen and oxygen atoms in total. The number of aliphatic hydroxyl groups excluding tert-OH is 1. The van der Waals surface area contributed by atoms with E-state index in [1.54, 1.807) is 6.08 Å². The van der Waals surface area contributed by atoms with Gasteiger partial charge < -0.3 is 43.4 Å². The summed E-state index contributed by atoms with van der Waals surface area (Å²) in [7, 11) is 4.96. The average Bonchev–Trinajstić information content (AvgIpc) is 1.96. The Morgan fingerprint density at radius 3 is 1.17 bits per heavy atom. The molecule has 0 atom stereocenters. The molecule has 96 heavy (non-hydrogen) atoms. The number of aryl methyl sites for hydroxylation is 2. The van der Waals surface area contributed by atoms with Crippen molar-refractivity contribution in [3.8, 4) is 0 Å². The highest BCUT2D eigenvalue weighted by Crippen LogP contribution is 2.10. The molecule has 0 unspecified atom stereocenters. The lowest BCUT2D eigenvalue weighted by Crippen LogP contribution is -3.00. The number of carbonyl (C=O) groups is 13. The van der Waals surface area contributed by atoms with Crippen LogP contribution in [0.25, 0.3) is 0 Å². The molecule has 1 aromatic rings. The Hall–Kier alpha value is -6.58. The number of carboxylic acids is 1. The van der Waals surface area contributed by atoms with Crippen molar-refractivity contribution < 1.29 is 118 Å². The molecule has 0 radical (unpaired) electrons. The number of hydrogen-bond acceptors (Lipinski definition) is 19. The summed E-state index contributed by atoms with van der Waals surface area (Å²) in [6.07, 6.45) is 33.1. The van der Waals surface area contributed by atoms with Gasteiger partial charge in [-0.3, -0.25) is 70.5 Å². The summed E-state index contributed by atoms with van der Waals surface area (Å²) in [5, 5.41) is 18.0. The Bertz CT molecular complexity index is 2140. The van der Waals surface area contributed by atoms with Crippen molar-refractivity contribution in [3.05, 3.63) is 43.0 Å². The molecule has 0 fully saturated rings. The number of esters is 5. The molecule has 1 heterocycles. The molecule has 0 spiro atoms. The SMILES string of the molecule is C=CC(=O)CCC(=O)OC.CCCC/C=C/C(=O)CCC(=O)OC.CCCCC=O.CCCCCCC(=O)CCC(=O)OC.COC(=O)CCC(=O)CCCCCBr.COC(=O)CCC(=O)CCCCCO.Cc1n(CCCCCC(=O)CCC(=O)O)cc[n+]1C.FB(F)F.[F-]. The van der Waals surface area contributed by atoms with Gasteiger partial charge in [0, 0.05) is 89.5 Å².